The minimum atomic E-state index is 0.00315. The first-order valence-electron chi connectivity index (χ1n) is 8.77. The van der Waals surface area contributed by atoms with E-state index in [1.807, 2.05) is 39.1 Å². The number of aromatic amines is 1. The minimum absolute atomic E-state index is 0.00315. The summed E-state index contributed by atoms with van der Waals surface area (Å²) in [5, 5.41) is 0. The highest BCUT2D eigenvalue weighted by Crippen LogP contribution is 2.20. The molecule has 0 atom stereocenters. The van der Waals surface area contributed by atoms with E-state index < -0.39 is 0 Å². The monoisotopic (exact) mass is 337 g/mol. The second-order valence-corrected chi connectivity index (χ2v) is 7.07. The highest BCUT2D eigenvalue weighted by atomic mass is 16.1. The number of nitrogens with zero attached hydrogens (tertiary/aromatic N) is 4. The number of para-hydroxylation sites is 2. The fraction of sp³-hybridized carbons (Fsp3) is 0.421. The van der Waals surface area contributed by atoms with Gasteiger partial charge in [0.15, 0.2) is 0 Å². The van der Waals surface area contributed by atoms with Crippen LogP contribution in [-0.4, -0.2) is 31.0 Å². The van der Waals surface area contributed by atoms with Gasteiger partial charge in [-0.1, -0.05) is 26.0 Å². The topological polar surface area (TPSA) is 66.8 Å². The Balaban J connectivity index is 1.60. The summed E-state index contributed by atoms with van der Waals surface area (Å²) < 4.78 is 2.13. The molecule has 0 fully saturated rings. The normalized spacial score (nSPS) is 15.0. The van der Waals surface area contributed by atoms with Crippen molar-refractivity contribution in [3.05, 3.63) is 57.5 Å². The van der Waals surface area contributed by atoms with E-state index in [1.165, 1.54) is 0 Å². The third kappa shape index (κ3) is 2.87. The van der Waals surface area contributed by atoms with Crippen LogP contribution in [0.2, 0.25) is 0 Å². The summed E-state index contributed by atoms with van der Waals surface area (Å²) in [6, 6.07) is 8.15. The summed E-state index contributed by atoms with van der Waals surface area (Å²) >= 11 is 0. The zero-order chi connectivity index (χ0) is 17.6. The molecule has 1 N–H and O–H groups in total. The van der Waals surface area contributed by atoms with Crippen LogP contribution < -0.4 is 5.56 Å². The average Bonchev–Trinajstić information content (AvgIpc) is 2.91. The number of fused-ring (bicyclic) bond motifs is 2. The van der Waals surface area contributed by atoms with E-state index in [1.54, 1.807) is 0 Å². The molecule has 3 aromatic rings. The standard InChI is InChI=1S/C19H23N5O/c1-12(2)18-21-14-8-9-24(10-13(14)19(25)22-18)11-17-20-15-6-4-5-7-16(15)23(17)3/h4-7,12H,8-11H2,1-3H3,(H,21,22,25). The Hall–Kier alpha value is -2.47. The van der Waals surface area contributed by atoms with E-state index in [0.29, 0.717) is 6.54 Å². The van der Waals surface area contributed by atoms with Gasteiger partial charge in [-0.15, -0.1) is 0 Å². The average molecular weight is 337 g/mol. The molecule has 0 amide bonds. The van der Waals surface area contributed by atoms with Crippen molar-refractivity contribution >= 4 is 11.0 Å². The highest BCUT2D eigenvalue weighted by molar-refractivity contribution is 5.75. The molecule has 1 aliphatic rings. The molecule has 130 valence electrons. The second-order valence-electron chi connectivity index (χ2n) is 7.07. The number of H-pyrrole nitrogens is 1. The van der Waals surface area contributed by atoms with Crippen LogP contribution >= 0.6 is 0 Å². The van der Waals surface area contributed by atoms with E-state index in [9.17, 15) is 4.79 Å². The van der Waals surface area contributed by atoms with Gasteiger partial charge in [-0.3, -0.25) is 9.69 Å². The number of benzene rings is 1. The Morgan fingerprint density at radius 1 is 1.24 bits per heavy atom. The van der Waals surface area contributed by atoms with Crippen LogP contribution in [0.5, 0.6) is 0 Å². The van der Waals surface area contributed by atoms with E-state index in [2.05, 4.69) is 25.5 Å². The smallest absolute Gasteiger partial charge is 0.255 e. The lowest BCUT2D eigenvalue weighted by molar-refractivity contribution is 0.233. The SMILES string of the molecule is CC(C)c1nc2c(c(=O)[nH]1)CN(Cc1nc3ccccc3n1C)CC2. The summed E-state index contributed by atoms with van der Waals surface area (Å²) in [7, 11) is 2.05. The molecule has 0 spiro atoms. The van der Waals surface area contributed by atoms with Crippen molar-refractivity contribution in [2.45, 2.75) is 39.3 Å². The Labute approximate surface area is 146 Å². The lowest BCUT2D eigenvalue weighted by Gasteiger charge is -2.27. The molecule has 0 saturated heterocycles. The molecule has 3 heterocycles. The quantitative estimate of drug-likeness (QED) is 0.797. The molecule has 0 bridgehead atoms. The molecular formula is C19H23N5O. The Kier molecular flexibility index (Phi) is 3.92. The van der Waals surface area contributed by atoms with Crippen LogP contribution in [0, 0.1) is 0 Å². The van der Waals surface area contributed by atoms with Crippen LogP contribution in [0.3, 0.4) is 0 Å². The van der Waals surface area contributed by atoms with Crippen LogP contribution in [0.4, 0.5) is 0 Å². The van der Waals surface area contributed by atoms with Gasteiger partial charge in [0, 0.05) is 32.5 Å². The summed E-state index contributed by atoms with van der Waals surface area (Å²) in [4.78, 5) is 27.1. The first kappa shape index (κ1) is 16.0. The van der Waals surface area contributed by atoms with Crippen molar-refractivity contribution in [3.8, 4) is 0 Å². The van der Waals surface area contributed by atoms with Gasteiger partial charge >= 0.3 is 0 Å². The van der Waals surface area contributed by atoms with E-state index in [0.717, 1.165) is 53.4 Å². The zero-order valence-corrected chi connectivity index (χ0v) is 14.9. The molecule has 2 aromatic heterocycles. The van der Waals surface area contributed by atoms with Gasteiger partial charge in [0.05, 0.1) is 28.8 Å². The number of nitrogens with one attached hydrogen (secondary N) is 1. The van der Waals surface area contributed by atoms with Crippen LogP contribution in [0.15, 0.2) is 29.1 Å². The Morgan fingerprint density at radius 3 is 2.80 bits per heavy atom. The van der Waals surface area contributed by atoms with Gasteiger partial charge in [0.1, 0.15) is 11.6 Å². The van der Waals surface area contributed by atoms with Crippen molar-refractivity contribution in [1.82, 2.24) is 24.4 Å². The van der Waals surface area contributed by atoms with Crippen LogP contribution in [0.25, 0.3) is 11.0 Å². The van der Waals surface area contributed by atoms with Gasteiger partial charge < -0.3 is 9.55 Å². The van der Waals surface area contributed by atoms with Gasteiger partial charge in [-0.2, -0.15) is 0 Å². The first-order chi connectivity index (χ1) is 12.0. The molecule has 1 aromatic carbocycles. The predicted molar refractivity (Wildman–Crippen MR) is 97.5 cm³/mol. The molecule has 6 heteroatoms. The van der Waals surface area contributed by atoms with Gasteiger partial charge in [-0.05, 0) is 12.1 Å². The molecule has 25 heavy (non-hydrogen) atoms. The number of aromatic nitrogens is 4. The van der Waals surface area contributed by atoms with Crippen molar-refractivity contribution in [1.29, 1.82) is 0 Å². The molecule has 0 radical (unpaired) electrons. The van der Waals surface area contributed by atoms with E-state index in [-0.39, 0.29) is 11.5 Å². The number of imidazole rings is 1. The van der Waals surface area contributed by atoms with Gasteiger partial charge in [-0.25, -0.2) is 9.97 Å². The summed E-state index contributed by atoms with van der Waals surface area (Å²) in [6.07, 6.45) is 0.808. The van der Waals surface area contributed by atoms with Crippen molar-refractivity contribution in [2.75, 3.05) is 6.54 Å². The zero-order valence-electron chi connectivity index (χ0n) is 14.9. The number of hydrogen-bond donors (Lipinski definition) is 1. The lowest BCUT2D eigenvalue weighted by atomic mass is 10.1. The largest absolute Gasteiger partial charge is 0.330 e. The highest BCUT2D eigenvalue weighted by Gasteiger charge is 2.23. The summed E-state index contributed by atoms with van der Waals surface area (Å²) in [5.74, 6) is 2.04. The van der Waals surface area contributed by atoms with Gasteiger partial charge in [0.25, 0.3) is 5.56 Å². The minimum Gasteiger partial charge on any atom is -0.330 e. The Bertz CT molecular complexity index is 985. The van der Waals surface area contributed by atoms with Crippen molar-refractivity contribution in [2.24, 2.45) is 7.05 Å². The third-order valence-electron chi connectivity index (χ3n) is 4.96. The van der Waals surface area contributed by atoms with Crippen LogP contribution in [0.1, 0.15) is 42.7 Å². The molecule has 1 aliphatic heterocycles. The fourth-order valence-electron chi connectivity index (χ4n) is 3.45. The molecule has 0 aliphatic carbocycles. The molecule has 4 rings (SSSR count). The Morgan fingerprint density at radius 2 is 2.04 bits per heavy atom. The molecule has 0 saturated carbocycles. The predicted octanol–water partition coefficient (Wildman–Crippen LogP) is 2.34. The number of aryl methyl sites for hydroxylation is 1. The second kappa shape index (κ2) is 6.11. The maximum atomic E-state index is 12.5. The number of rotatable bonds is 3. The van der Waals surface area contributed by atoms with Crippen molar-refractivity contribution in [3.63, 3.8) is 0 Å². The summed E-state index contributed by atoms with van der Waals surface area (Å²) in [6.45, 7) is 6.34. The third-order valence-corrected chi connectivity index (χ3v) is 4.96. The van der Waals surface area contributed by atoms with Crippen LogP contribution in [-0.2, 0) is 26.6 Å². The fourth-order valence-corrected chi connectivity index (χ4v) is 3.45. The maximum Gasteiger partial charge on any atom is 0.255 e. The van der Waals surface area contributed by atoms with E-state index >= 15 is 0 Å². The first-order valence-corrected chi connectivity index (χ1v) is 8.77. The molecule has 6 nitrogen and oxygen atoms in total. The van der Waals surface area contributed by atoms with E-state index in [4.69, 9.17) is 4.98 Å². The molecular weight excluding hydrogens is 314 g/mol. The summed E-state index contributed by atoms with van der Waals surface area (Å²) in [5.41, 5.74) is 3.90. The maximum absolute atomic E-state index is 12.5. The van der Waals surface area contributed by atoms with Gasteiger partial charge in [0.2, 0.25) is 0 Å². The lowest BCUT2D eigenvalue weighted by Crippen LogP contribution is -2.36. The van der Waals surface area contributed by atoms with Crippen molar-refractivity contribution < 1.29 is 0 Å². The number of hydrogen-bond acceptors (Lipinski definition) is 4. The molecule has 0 unspecified atom stereocenters.